The predicted octanol–water partition coefficient (Wildman–Crippen LogP) is -6.31. The number of aliphatic hydroxyl groups is 4. The number of unbranched alkanes of at least 4 members (excludes halogenated alkanes) is 1. The van der Waals surface area contributed by atoms with Gasteiger partial charge in [0.25, 0.3) is 0 Å². The molecule has 0 saturated carbocycles. The van der Waals surface area contributed by atoms with Crippen molar-refractivity contribution in [2.75, 3.05) is 52.5 Å². The zero-order chi connectivity index (χ0) is 96.3. The predicted molar refractivity (Wildman–Crippen MR) is 453 cm³/mol. The molecule has 1 saturated heterocycles. The number of nitrogens with one attached hydrogen (secondary N) is 15. The fourth-order valence-corrected chi connectivity index (χ4v) is 12.8. The Morgan fingerprint density at radius 1 is 0.419 bits per heavy atom. The van der Waals surface area contributed by atoms with Crippen molar-refractivity contribution < 1.29 is 142 Å². The summed E-state index contributed by atoms with van der Waals surface area (Å²) in [6, 6.07) is -4.40. The van der Waals surface area contributed by atoms with Crippen LogP contribution in [0.3, 0.4) is 0 Å². The Morgan fingerprint density at radius 2 is 0.822 bits per heavy atom. The van der Waals surface area contributed by atoms with Gasteiger partial charge in [0.05, 0.1) is 58.0 Å². The number of benzene rings is 3. The Bertz CT molecular complexity index is 4320. The van der Waals surface area contributed by atoms with E-state index in [4.69, 9.17) is 10.5 Å². The molecule has 0 unspecified atom stereocenters. The highest BCUT2D eigenvalue weighted by atomic mass is 16.6. The van der Waals surface area contributed by atoms with Gasteiger partial charge in [0.1, 0.15) is 84.0 Å². The Kier molecular flexibility index (Phi) is 46.4. The summed E-state index contributed by atoms with van der Waals surface area (Å²) in [6.07, 6.45) is -6.77. The second kappa shape index (κ2) is 55.4. The van der Waals surface area contributed by atoms with Gasteiger partial charge >= 0.3 is 24.0 Å². The lowest BCUT2D eigenvalue weighted by Gasteiger charge is -2.30. The molecule has 4 rings (SSSR count). The SMILES string of the molecule is CC[C@H](C)[C@H](NC(=O)[C@H](CO)NC(=O)[C@H](Cc1ccc(O)cc1)NC(=O)[C@H](CC(=O)O)NC(=O)[C@H](CO)NC(=O)[C@@H](NC(=O)[C@H](Cc1ccccc1)NC(=O)[C@@H](NC(=O)CNC(=O)[C@H](CCC(=O)O)NC(=O)CNC(=O)CCN1CCCOC1=O)[C@@H](C)O)[C@@H](C)O)C(=O)N[C@@H](Cc1ccc(O)cc1)C(=O)N[C@@H](CC(C)C)C(=O)N[C@@H](CC(=O)O)C(=O)N[C@H](C)CCCCN. The number of carboxylic acids is 3. The Balaban J connectivity index is 1.54. The van der Waals surface area contributed by atoms with E-state index in [-0.39, 0.29) is 61.8 Å². The van der Waals surface area contributed by atoms with E-state index in [2.05, 4.69) is 79.8 Å². The maximum absolute atomic E-state index is 14.7. The van der Waals surface area contributed by atoms with Crippen LogP contribution in [-0.2, 0) is 110 Å². The summed E-state index contributed by atoms with van der Waals surface area (Å²) < 4.78 is 4.92. The molecule has 26 N–H and O–H groups in total. The van der Waals surface area contributed by atoms with Crippen molar-refractivity contribution in [1.82, 2.24) is 84.7 Å². The molecule has 1 aliphatic heterocycles. The number of cyclic esters (lactones) is 1. The first-order valence-electron chi connectivity index (χ1n) is 41.9. The van der Waals surface area contributed by atoms with E-state index in [9.17, 15) is 137 Å². The number of nitrogens with two attached hydrogens (primary N) is 1. The number of carbonyl (C=O) groups excluding carboxylic acids is 16. The molecule has 3 aromatic rings. The van der Waals surface area contributed by atoms with Gasteiger partial charge in [-0.05, 0) is 112 Å². The maximum Gasteiger partial charge on any atom is 0.409 e. The van der Waals surface area contributed by atoms with Crippen molar-refractivity contribution in [2.24, 2.45) is 17.6 Å². The summed E-state index contributed by atoms with van der Waals surface area (Å²) in [6.45, 7) is 6.99. The van der Waals surface area contributed by atoms with Gasteiger partial charge in [-0.1, -0.05) is 95.1 Å². The minimum absolute atomic E-state index is 0.0267. The molecule has 0 bridgehead atoms. The molecule has 46 nitrogen and oxygen atoms in total. The van der Waals surface area contributed by atoms with E-state index in [0.717, 1.165) is 13.8 Å². The lowest BCUT2D eigenvalue weighted by molar-refractivity contribution is -0.142. The van der Waals surface area contributed by atoms with E-state index in [1.54, 1.807) is 45.9 Å². The number of hydrogen-bond acceptors (Lipinski definition) is 27. The summed E-state index contributed by atoms with van der Waals surface area (Å²) in [4.78, 5) is 258. The van der Waals surface area contributed by atoms with Crippen molar-refractivity contribution in [3.8, 4) is 11.5 Å². The number of ether oxygens (including phenoxy) is 1. The molecule has 1 fully saturated rings. The number of phenols is 2. The number of nitrogens with zero attached hydrogens (tertiary/aromatic N) is 1. The number of carbonyl (C=O) groups is 19. The van der Waals surface area contributed by atoms with E-state index in [1.165, 1.54) is 72.5 Å². The van der Waals surface area contributed by atoms with Crippen molar-refractivity contribution in [3.05, 3.63) is 95.6 Å². The third-order valence-electron chi connectivity index (χ3n) is 20.2. The van der Waals surface area contributed by atoms with Crippen molar-refractivity contribution in [2.45, 2.75) is 229 Å². The second-order valence-corrected chi connectivity index (χ2v) is 31.4. The van der Waals surface area contributed by atoms with Crippen molar-refractivity contribution in [3.63, 3.8) is 0 Å². The molecule has 0 aliphatic carbocycles. The molecule has 712 valence electrons. The first-order valence-corrected chi connectivity index (χ1v) is 41.9. The van der Waals surface area contributed by atoms with Gasteiger partial charge in [0.2, 0.25) is 88.6 Å². The van der Waals surface area contributed by atoms with Gasteiger partial charge in [0, 0.05) is 51.2 Å². The highest BCUT2D eigenvalue weighted by molar-refractivity contribution is 6.01. The van der Waals surface area contributed by atoms with Crippen LogP contribution in [-0.4, -0.2) is 307 Å². The average molecular weight is 1820 g/mol. The smallest absolute Gasteiger partial charge is 0.409 e. The van der Waals surface area contributed by atoms with Crippen molar-refractivity contribution in [1.29, 1.82) is 0 Å². The second-order valence-electron chi connectivity index (χ2n) is 31.4. The van der Waals surface area contributed by atoms with Crippen LogP contribution in [0.25, 0.3) is 0 Å². The summed E-state index contributed by atoms with van der Waals surface area (Å²) in [5.74, 6) is -23.3. The Labute approximate surface area is 742 Å². The number of hydrogen-bond donors (Lipinski definition) is 25. The molecular formula is C83H121N17O29. The molecule has 0 spiro atoms. The number of amides is 16. The van der Waals surface area contributed by atoms with E-state index < -0.39 is 274 Å². The molecular weight excluding hydrogens is 1700 g/mol. The number of aromatic hydroxyl groups is 2. The lowest BCUT2D eigenvalue weighted by Crippen LogP contribution is -2.63. The standard InChI is InChI=1S/C83H121N17O29/c1-8-44(4)68(80(125)93-56(36-50-20-24-52(106)25-21-50)74(119)89-54(33-43(2)3)73(118)91-58(37-66(112)113)72(117)87-45(5)15-12-13-29-84)98-79(124)61(42-102)95-75(120)55(35-49-18-22-51(105)23-19-49)90-76(121)59(38-67(114)115)92-78(123)60(41-101)96-82(127)70(47(7)104)99-77(122)57(34-48-16-10-9-11-17-48)94-81(126)69(46(6)103)97-64(109)40-86-71(116)53(26-27-65(110)111)88-63(108)39-85-62(107)28-31-100-30-14-32-129-83(100)128/h9-11,16-25,43-47,53-61,68-70,101-106H,8,12-15,26-42,84H2,1-7H3,(H,85,107)(H,86,116)(H,87,117)(H,88,108)(H,89,119)(H,90,121)(H,91,118)(H,92,123)(H,93,125)(H,94,126)(H,95,120)(H,96,127)(H,97,109)(H,98,124)(H,99,122)(H,110,111)(H,112,113)(H,114,115)/t44-,45+,46+,47+,53-,54-,55-,56-,57-,58-,59-,60-,61-,68-,69-,70-/m0/s1. The molecule has 1 heterocycles. The normalized spacial score (nSPS) is 15.5. The van der Waals surface area contributed by atoms with Crippen LogP contribution in [0.15, 0.2) is 78.9 Å². The van der Waals surface area contributed by atoms with E-state index in [0.29, 0.717) is 49.9 Å². The van der Waals surface area contributed by atoms with Gasteiger partial charge in [-0.15, -0.1) is 0 Å². The third-order valence-corrected chi connectivity index (χ3v) is 20.2. The summed E-state index contributed by atoms with van der Waals surface area (Å²) >= 11 is 0. The van der Waals surface area contributed by atoms with Crippen molar-refractivity contribution >= 4 is 113 Å². The lowest BCUT2D eigenvalue weighted by atomic mass is 9.96. The van der Waals surface area contributed by atoms with Crippen LogP contribution in [0.5, 0.6) is 11.5 Å². The maximum atomic E-state index is 14.7. The molecule has 46 heteroatoms. The molecule has 16 atom stereocenters. The first kappa shape index (κ1) is 108. The van der Waals surface area contributed by atoms with Crippen LogP contribution in [0.4, 0.5) is 4.79 Å². The summed E-state index contributed by atoms with van der Waals surface area (Å²) in [7, 11) is 0. The number of aliphatic hydroxyl groups excluding tert-OH is 4. The van der Waals surface area contributed by atoms with Gasteiger partial charge in [-0.25, -0.2) is 4.79 Å². The van der Waals surface area contributed by atoms with Crippen LogP contribution in [0, 0.1) is 11.8 Å². The van der Waals surface area contributed by atoms with Gasteiger partial charge < -0.3 is 141 Å². The third kappa shape index (κ3) is 39.3. The highest BCUT2D eigenvalue weighted by Gasteiger charge is 2.40. The topological polar surface area (TPSA) is 725 Å². The minimum atomic E-state index is -2.23. The fourth-order valence-electron chi connectivity index (χ4n) is 12.8. The minimum Gasteiger partial charge on any atom is -0.508 e. The Hall–Kier alpha value is -13.2. The van der Waals surface area contributed by atoms with Crippen LogP contribution >= 0.6 is 0 Å². The monoisotopic (exact) mass is 1820 g/mol. The molecule has 0 radical (unpaired) electrons. The highest BCUT2D eigenvalue weighted by Crippen LogP contribution is 2.18. The zero-order valence-corrected chi connectivity index (χ0v) is 72.6. The molecule has 3 aromatic carbocycles. The fraction of sp³-hybridized carbons (Fsp3) is 0.554. The van der Waals surface area contributed by atoms with Gasteiger partial charge in [0.15, 0.2) is 0 Å². The summed E-state index contributed by atoms with van der Waals surface area (Å²) in [5.41, 5.74) is 6.48. The van der Waals surface area contributed by atoms with Gasteiger partial charge in [-0.3, -0.25) is 86.3 Å². The summed E-state index contributed by atoms with van der Waals surface area (Å²) in [5, 5.41) is 128. The largest absolute Gasteiger partial charge is 0.508 e. The Morgan fingerprint density at radius 3 is 1.29 bits per heavy atom. The van der Waals surface area contributed by atoms with Crippen LogP contribution in [0.1, 0.15) is 136 Å². The quantitative estimate of drug-likeness (QED) is 0.0234. The number of rotatable bonds is 57. The molecule has 16 amide bonds. The zero-order valence-electron chi connectivity index (χ0n) is 72.6. The van der Waals surface area contributed by atoms with E-state index >= 15 is 0 Å². The van der Waals surface area contributed by atoms with E-state index in [1.807, 2.05) is 0 Å². The van der Waals surface area contributed by atoms with Gasteiger partial charge in [-0.2, -0.15) is 0 Å². The number of phenolic OH excluding ortho intramolecular Hbond substituents is 2. The molecule has 0 aromatic heterocycles. The molecule has 129 heavy (non-hydrogen) atoms. The average Bonchev–Trinajstić information content (AvgIpc) is 0.839. The molecule has 1 aliphatic rings. The number of carboxylic acid groups (broad SMARTS) is 3. The van der Waals surface area contributed by atoms with Crippen LogP contribution in [0.2, 0.25) is 0 Å². The first-order chi connectivity index (χ1) is 60.9. The number of aliphatic carboxylic acids is 3. The van der Waals surface area contributed by atoms with Crippen LogP contribution < -0.4 is 85.5 Å².